The monoisotopic (exact) mass is 447 g/mol. The Morgan fingerprint density at radius 2 is 1.30 bits per heavy atom. The fraction of sp³-hybridized carbons (Fsp3) is 0.909. The van der Waals surface area contributed by atoms with Crippen LogP contribution >= 0.6 is 8.69 Å². The Morgan fingerprint density at radius 1 is 0.767 bits per heavy atom. The number of hydrogen-bond donors (Lipinski definition) is 1. The summed E-state index contributed by atoms with van der Waals surface area (Å²) in [6, 6.07) is 0. The Kier molecular flexibility index (Phi) is 21.9. The van der Waals surface area contributed by atoms with E-state index in [4.69, 9.17) is 19.7 Å². The third-order valence-corrected chi connectivity index (χ3v) is 5.12. The summed E-state index contributed by atoms with van der Waals surface area (Å²) >= 11 is 0. The Morgan fingerprint density at radius 3 is 1.87 bits per heavy atom. The maximum absolute atomic E-state index is 11.9. The van der Waals surface area contributed by atoms with Crippen molar-refractivity contribution < 1.29 is 28.2 Å². The van der Waals surface area contributed by atoms with E-state index in [1.165, 1.54) is 32.1 Å². The van der Waals surface area contributed by atoms with Crippen LogP contribution < -0.4 is 5.73 Å². The number of ether oxygens (including phenoxy) is 2. The van der Waals surface area contributed by atoms with E-state index in [9.17, 15) is 14.2 Å². The van der Waals surface area contributed by atoms with Gasteiger partial charge in [-0.3, -0.25) is 14.1 Å². The van der Waals surface area contributed by atoms with Gasteiger partial charge in [-0.1, -0.05) is 71.1 Å². The highest BCUT2D eigenvalue weighted by Gasteiger charge is 2.17. The number of unbranched alkanes of at least 4 members (excludes halogenated alkanes) is 11. The predicted octanol–water partition coefficient (Wildman–Crippen LogP) is 5.49. The van der Waals surface area contributed by atoms with E-state index in [2.05, 4.69) is 6.92 Å². The summed E-state index contributed by atoms with van der Waals surface area (Å²) in [5, 5.41) is 0. The molecular weight excluding hydrogens is 405 g/mol. The normalized spacial score (nSPS) is 12.1. The van der Waals surface area contributed by atoms with Crippen molar-refractivity contribution in [2.75, 3.05) is 19.8 Å². The average Bonchev–Trinajstić information content (AvgIpc) is 2.74. The van der Waals surface area contributed by atoms with Gasteiger partial charge in [0.15, 0.2) is 6.10 Å². The van der Waals surface area contributed by atoms with Crippen LogP contribution in [0.25, 0.3) is 0 Å². The Hall–Kier alpha value is -1.04. The molecule has 1 atom stereocenters. The summed E-state index contributed by atoms with van der Waals surface area (Å²) in [5.74, 6) is -0.650. The highest BCUT2D eigenvalue weighted by atomic mass is 31.1. The molecule has 0 rings (SSSR count). The summed E-state index contributed by atoms with van der Waals surface area (Å²) < 4.78 is 25.8. The van der Waals surface area contributed by atoms with Crippen LogP contribution in [0.5, 0.6) is 0 Å². The van der Waals surface area contributed by atoms with E-state index in [0.29, 0.717) is 12.8 Å². The molecule has 0 aromatic rings. The fourth-order valence-corrected chi connectivity index (χ4v) is 3.31. The predicted molar refractivity (Wildman–Crippen MR) is 118 cm³/mol. The van der Waals surface area contributed by atoms with Crippen LogP contribution in [0.3, 0.4) is 0 Å². The van der Waals surface area contributed by atoms with Gasteiger partial charge in [-0.15, -0.1) is 0 Å². The highest BCUT2D eigenvalue weighted by molar-refractivity contribution is 7.17. The number of carbonyl (C=O) groups excluding carboxylic acids is 2. The molecule has 2 N–H and O–H groups in total. The minimum Gasteiger partial charge on any atom is -0.462 e. The summed E-state index contributed by atoms with van der Waals surface area (Å²) in [7, 11) is -0.492. The summed E-state index contributed by atoms with van der Waals surface area (Å²) in [6.07, 6.45) is 14.0. The molecule has 30 heavy (non-hydrogen) atoms. The van der Waals surface area contributed by atoms with Gasteiger partial charge in [-0.05, 0) is 25.8 Å². The lowest BCUT2D eigenvalue weighted by Crippen LogP contribution is -2.28. The van der Waals surface area contributed by atoms with Crippen LogP contribution in [0.2, 0.25) is 0 Å². The van der Waals surface area contributed by atoms with Crippen molar-refractivity contribution in [3.05, 3.63) is 0 Å². The lowest BCUT2D eigenvalue weighted by Gasteiger charge is -2.16. The molecular formula is C22H42NO6P. The van der Waals surface area contributed by atoms with Crippen molar-refractivity contribution in [3.63, 3.8) is 0 Å². The Balaban J connectivity index is 3.88. The van der Waals surface area contributed by atoms with Gasteiger partial charge in [0.2, 0.25) is 0 Å². The van der Waals surface area contributed by atoms with Gasteiger partial charge in [0, 0.05) is 12.8 Å². The first-order chi connectivity index (χ1) is 14.6. The summed E-state index contributed by atoms with van der Waals surface area (Å²) in [6.45, 7) is 2.77. The van der Waals surface area contributed by atoms with E-state index in [-0.39, 0.29) is 25.2 Å². The third-order valence-electron chi connectivity index (χ3n) is 4.86. The second kappa shape index (κ2) is 22.6. The van der Waals surface area contributed by atoms with Crippen molar-refractivity contribution in [1.29, 1.82) is 0 Å². The van der Waals surface area contributed by atoms with Crippen molar-refractivity contribution >= 4 is 20.6 Å². The first-order valence-electron chi connectivity index (χ1n) is 11.6. The zero-order chi connectivity index (χ0) is 22.3. The van der Waals surface area contributed by atoms with Crippen molar-refractivity contribution in [2.24, 2.45) is 5.73 Å². The molecule has 0 aliphatic rings. The third kappa shape index (κ3) is 20.2. The Labute approximate surface area is 184 Å². The van der Waals surface area contributed by atoms with E-state index >= 15 is 0 Å². The molecule has 0 aromatic heterocycles. The first-order valence-corrected chi connectivity index (χ1v) is 12.4. The average molecular weight is 448 g/mol. The number of nitrogens with two attached hydrogens (primary N) is 1. The molecule has 0 aliphatic heterocycles. The second-order valence-electron chi connectivity index (χ2n) is 7.70. The topological polar surface area (TPSA) is 105 Å². The van der Waals surface area contributed by atoms with Crippen LogP contribution in [0.1, 0.15) is 103 Å². The molecule has 0 aromatic carbocycles. The molecule has 0 aliphatic carbocycles. The standard InChI is InChI=1S/C22H42NO6P/c1-2-3-4-9-13-16-22(25)29-20(19-28-30-26)18-27-21(24)15-12-10-7-5-6-8-11-14-17-23/h20H,2-19,23H2,1H3/t20-/m0/s1. The number of hydrogen-bond acceptors (Lipinski definition) is 7. The summed E-state index contributed by atoms with van der Waals surface area (Å²) in [5.41, 5.74) is 5.47. The van der Waals surface area contributed by atoms with Gasteiger partial charge >= 0.3 is 20.6 Å². The van der Waals surface area contributed by atoms with E-state index < -0.39 is 14.8 Å². The molecule has 0 spiro atoms. The molecule has 0 unspecified atom stereocenters. The molecule has 0 fully saturated rings. The van der Waals surface area contributed by atoms with Gasteiger partial charge in [0.05, 0.1) is 0 Å². The fourth-order valence-electron chi connectivity index (χ4n) is 3.08. The van der Waals surface area contributed by atoms with Crippen molar-refractivity contribution in [3.8, 4) is 0 Å². The molecule has 0 saturated carbocycles. The minimum absolute atomic E-state index is 0.0654. The number of carbonyl (C=O) groups is 2. The minimum atomic E-state index is -0.730. The highest BCUT2D eigenvalue weighted by Crippen LogP contribution is 2.11. The van der Waals surface area contributed by atoms with Crippen molar-refractivity contribution in [1.82, 2.24) is 0 Å². The maximum atomic E-state index is 11.9. The van der Waals surface area contributed by atoms with Crippen LogP contribution in [-0.4, -0.2) is 37.8 Å². The van der Waals surface area contributed by atoms with E-state index in [1.807, 2.05) is 0 Å². The zero-order valence-corrected chi connectivity index (χ0v) is 19.7. The van der Waals surface area contributed by atoms with Crippen LogP contribution in [-0.2, 0) is 28.2 Å². The molecule has 0 radical (unpaired) electrons. The molecule has 0 bridgehead atoms. The number of esters is 2. The molecule has 0 saturated heterocycles. The lowest BCUT2D eigenvalue weighted by molar-refractivity contribution is -0.160. The summed E-state index contributed by atoms with van der Waals surface area (Å²) in [4.78, 5) is 23.9. The molecule has 176 valence electrons. The van der Waals surface area contributed by atoms with Crippen LogP contribution in [0.4, 0.5) is 0 Å². The number of rotatable bonds is 22. The smallest absolute Gasteiger partial charge is 0.327 e. The van der Waals surface area contributed by atoms with E-state index in [1.54, 1.807) is 0 Å². The largest absolute Gasteiger partial charge is 0.462 e. The van der Waals surface area contributed by atoms with Gasteiger partial charge in [-0.25, -0.2) is 4.57 Å². The molecule has 0 amide bonds. The lowest BCUT2D eigenvalue weighted by atomic mass is 10.1. The first kappa shape index (κ1) is 29.0. The molecule has 0 heterocycles. The van der Waals surface area contributed by atoms with Crippen molar-refractivity contribution in [2.45, 2.75) is 109 Å². The van der Waals surface area contributed by atoms with Gasteiger partial charge < -0.3 is 15.2 Å². The quantitative estimate of drug-likeness (QED) is 0.133. The van der Waals surface area contributed by atoms with Gasteiger partial charge in [0.1, 0.15) is 13.2 Å². The SMILES string of the molecule is CCCCCCCC(=O)O[C@H](COP=O)COC(=O)CCCCCCCCCCN. The van der Waals surface area contributed by atoms with Crippen LogP contribution in [0.15, 0.2) is 0 Å². The van der Waals surface area contributed by atoms with Crippen LogP contribution in [0, 0.1) is 0 Å². The van der Waals surface area contributed by atoms with Gasteiger partial charge in [0.25, 0.3) is 0 Å². The zero-order valence-electron chi connectivity index (χ0n) is 18.8. The molecule has 7 nitrogen and oxygen atoms in total. The second-order valence-corrected chi connectivity index (χ2v) is 8.10. The van der Waals surface area contributed by atoms with Gasteiger partial charge in [-0.2, -0.15) is 0 Å². The maximum Gasteiger partial charge on any atom is 0.327 e. The Bertz CT molecular complexity index is 436. The van der Waals surface area contributed by atoms with E-state index in [0.717, 1.165) is 57.9 Å². The molecule has 8 heteroatoms.